The second-order valence-electron chi connectivity index (χ2n) is 5.34. The molecule has 0 radical (unpaired) electrons. The average Bonchev–Trinajstić information content (AvgIpc) is 2.42. The van der Waals surface area contributed by atoms with Crippen LogP contribution in [-0.4, -0.2) is 31.6 Å². The summed E-state index contributed by atoms with van der Waals surface area (Å²) in [5.74, 6) is 1.56. The van der Waals surface area contributed by atoms with Gasteiger partial charge in [-0.05, 0) is 19.3 Å². The summed E-state index contributed by atoms with van der Waals surface area (Å²) in [5.41, 5.74) is 0. The van der Waals surface area contributed by atoms with E-state index >= 15 is 0 Å². The maximum absolute atomic E-state index is 5.74. The summed E-state index contributed by atoms with van der Waals surface area (Å²) in [6.07, 6.45) is 7.45. The van der Waals surface area contributed by atoms with Crippen LogP contribution in [0.25, 0.3) is 0 Å². The SMILES string of the molecule is CCCCCCOCC(C)C1=NCCC(CC)N1. The molecule has 0 saturated carbocycles. The zero-order valence-corrected chi connectivity index (χ0v) is 12.4. The van der Waals surface area contributed by atoms with E-state index < -0.39 is 0 Å². The van der Waals surface area contributed by atoms with Crippen molar-refractivity contribution >= 4 is 5.84 Å². The van der Waals surface area contributed by atoms with E-state index in [1.54, 1.807) is 0 Å². The Morgan fingerprint density at radius 1 is 1.33 bits per heavy atom. The summed E-state index contributed by atoms with van der Waals surface area (Å²) in [5, 5.41) is 3.53. The Kier molecular flexibility index (Phi) is 8.06. The van der Waals surface area contributed by atoms with Crippen LogP contribution >= 0.6 is 0 Å². The standard InChI is InChI=1S/C15H30N2O/c1-4-6-7-8-11-18-12-13(3)15-16-10-9-14(5-2)17-15/h13-14H,4-12H2,1-3H3,(H,16,17). The van der Waals surface area contributed by atoms with Gasteiger partial charge in [-0.2, -0.15) is 0 Å². The lowest BCUT2D eigenvalue weighted by atomic mass is 10.1. The van der Waals surface area contributed by atoms with Crippen molar-refractivity contribution in [1.82, 2.24) is 5.32 Å². The van der Waals surface area contributed by atoms with Crippen LogP contribution in [0.1, 0.15) is 59.3 Å². The van der Waals surface area contributed by atoms with Crippen LogP contribution < -0.4 is 5.32 Å². The molecule has 0 spiro atoms. The summed E-state index contributed by atoms with van der Waals surface area (Å²) in [4.78, 5) is 4.58. The Bertz CT molecular complexity index is 241. The number of amidine groups is 1. The van der Waals surface area contributed by atoms with E-state index in [4.69, 9.17) is 4.74 Å². The molecule has 0 fully saturated rings. The number of hydrogen-bond donors (Lipinski definition) is 1. The highest BCUT2D eigenvalue weighted by atomic mass is 16.5. The first kappa shape index (κ1) is 15.5. The van der Waals surface area contributed by atoms with E-state index in [1.807, 2.05) is 0 Å². The van der Waals surface area contributed by atoms with E-state index in [9.17, 15) is 0 Å². The van der Waals surface area contributed by atoms with Crippen LogP contribution in [0, 0.1) is 5.92 Å². The fourth-order valence-corrected chi connectivity index (χ4v) is 2.24. The van der Waals surface area contributed by atoms with Crippen molar-refractivity contribution in [2.75, 3.05) is 19.8 Å². The van der Waals surface area contributed by atoms with Gasteiger partial charge in [0.2, 0.25) is 0 Å². The molecule has 106 valence electrons. The van der Waals surface area contributed by atoms with Crippen molar-refractivity contribution in [3.8, 4) is 0 Å². The molecule has 0 bridgehead atoms. The Morgan fingerprint density at radius 2 is 2.17 bits per heavy atom. The molecule has 0 aliphatic carbocycles. The lowest BCUT2D eigenvalue weighted by Gasteiger charge is -2.27. The van der Waals surface area contributed by atoms with Gasteiger partial charge in [0.1, 0.15) is 5.84 Å². The molecule has 0 aromatic carbocycles. The van der Waals surface area contributed by atoms with Crippen LogP contribution in [0.3, 0.4) is 0 Å². The summed E-state index contributed by atoms with van der Waals surface area (Å²) < 4.78 is 5.74. The quantitative estimate of drug-likeness (QED) is 0.640. The maximum atomic E-state index is 5.74. The number of unbranched alkanes of at least 4 members (excludes halogenated alkanes) is 3. The first-order valence-electron chi connectivity index (χ1n) is 7.66. The minimum Gasteiger partial charge on any atom is -0.381 e. The van der Waals surface area contributed by atoms with Gasteiger partial charge in [-0.25, -0.2) is 0 Å². The number of nitrogens with one attached hydrogen (secondary N) is 1. The number of ether oxygens (including phenoxy) is 1. The molecule has 3 heteroatoms. The topological polar surface area (TPSA) is 33.6 Å². The fourth-order valence-electron chi connectivity index (χ4n) is 2.24. The summed E-state index contributed by atoms with van der Waals surface area (Å²) >= 11 is 0. The van der Waals surface area contributed by atoms with E-state index in [0.29, 0.717) is 12.0 Å². The van der Waals surface area contributed by atoms with Gasteiger partial charge in [-0.15, -0.1) is 0 Å². The van der Waals surface area contributed by atoms with Gasteiger partial charge in [-0.1, -0.05) is 40.0 Å². The number of rotatable bonds is 9. The predicted octanol–water partition coefficient (Wildman–Crippen LogP) is 3.39. The molecule has 2 unspecified atom stereocenters. The number of nitrogens with zero attached hydrogens (tertiary/aromatic N) is 1. The van der Waals surface area contributed by atoms with Crippen molar-refractivity contribution in [3.05, 3.63) is 0 Å². The molecule has 2 atom stereocenters. The van der Waals surface area contributed by atoms with Gasteiger partial charge in [0.25, 0.3) is 0 Å². The third kappa shape index (κ3) is 5.85. The van der Waals surface area contributed by atoms with Crippen molar-refractivity contribution in [3.63, 3.8) is 0 Å². The zero-order chi connectivity index (χ0) is 13.2. The molecule has 0 aromatic heterocycles. The third-order valence-corrected chi connectivity index (χ3v) is 3.58. The Balaban J connectivity index is 2.12. The molecular weight excluding hydrogens is 224 g/mol. The van der Waals surface area contributed by atoms with Gasteiger partial charge < -0.3 is 10.1 Å². The lowest BCUT2D eigenvalue weighted by molar-refractivity contribution is 0.116. The minimum atomic E-state index is 0.408. The molecule has 0 saturated heterocycles. The summed E-state index contributed by atoms with van der Waals surface area (Å²) in [6.45, 7) is 9.34. The molecule has 0 amide bonds. The number of hydrogen-bond acceptors (Lipinski definition) is 3. The largest absolute Gasteiger partial charge is 0.381 e. The monoisotopic (exact) mass is 254 g/mol. The first-order valence-corrected chi connectivity index (χ1v) is 7.66. The van der Waals surface area contributed by atoms with E-state index in [-0.39, 0.29) is 0 Å². The average molecular weight is 254 g/mol. The molecule has 1 N–H and O–H groups in total. The Morgan fingerprint density at radius 3 is 2.89 bits per heavy atom. The highest BCUT2D eigenvalue weighted by molar-refractivity contribution is 5.85. The van der Waals surface area contributed by atoms with Crippen LogP contribution in [-0.2, 0) is 4.74 Å². The Labute approximate surface area is 112 Å². The van der Waals surface area contributed by atoms with Gasteiger partial charge in [-0.3, -0.25) is 4.99 Å². The smallest absolute Gasteiger partial charge is 0.102 e. The normalized spacial score (nSPS) is 21.3. The third-order valence-electron chi connectivity index (χ3n) is 3.58. The van der Waals surface area contributed by atoms with Crippen molar-refractivity contribution < 1.29 is 4.74 Å². The molecule has 1 heterocycles. The maximum Gasteiger partial charge on any atom is 0.102 e. The molecule has 0 aromatic rings. The van der Waals surface area contributed by atoms with Crippen molar-refractivity contribution in [2.45, 2.75) is 65.3 Å². The minimum absolute atomic E-state index is 0.408. The Hall–Kier alpha value is -0.570. The molecule has 1 rings (SSSR count). The van der Waals surface area contributed by atoms with Crippen LogP contribution in [0.5, 0.6) is 0 Å². The van der Waals surface area contributed by atoms with Crippen LogP contribution in [0.15, 0.2) is 4.99 Å². The predicted molar refractivity (Wildman–Crippen MR) is 78.3 cm³/mol. The molecule has 1 aliphatic rings. The van der Waals surface area contributed by atoms with E-state index in [2.05, 4.69) is 31.1 Å². The van der Waals surface area contributed by atoms with Crippen molar-refractivity contribution in [2.24, 2.45) is 10.9 Å². The van der Waals surface area contributed by atoms with E-state index in [1.165, 1.54) is 38.5 Å². The highest BCUT2D eigenvalue weighted by Crippen LogP contribution is 2.09. The first-order chi connectivity index (χ1) is 8.77. The lowest BCUT2D eigenvalue weighted by Crippen LogP contribution is -2.42. The van der Waals surface area contributed by atoms with Crippen LogP contribution in [0.4, 0.5) is 0 Å². The summed E-state index contributed by atoms with van der Waals surface area (Å²) in [6, 6.07) is 0.615. The molecule has 3 nitrogen and oxygen atoms in total. The van der Waals surface area contributed by atoms with Gasteiger partial charge in [0, 0.05) is 25.1 Å². The second-order valence-corrected chi connectivity index (χ2v) is 5.34. The van der Waals surface area contributed by atoms with Gasteiger partial charge in [0.05, 0.1) is 6.61 Å². The van der Waals surface area contributed by atoms with E-state index in [0.717, 1.165) is 25.6 Å². The summed E-state index contributed by atoms with van der Waals surface area (Å²) in [7, 11) is 0. The van der Waals surface area contributed by atoms with Gasteiger partial charge in [0.15, 0.2) is 0 Å². The fraction of sp³-hybridized carbons (Fsp3) is 0.933. The zero-order valence-electron chi connectivity index (χ0n) is 12.4. The molecule has 1 aliphatic heterocycles. The molecular formula is C15H30N2O. The molecule has 18 heavy (non-hydrogen) atoms. The second kappa shape index (κ2) is 9.37. The van der Waals surface area contributed by atoms with Crippen molar-refractivity contribution in [1.29, 1.82) is 0 Å². The van der Waals surface area contributed by atoms with Crippen LogP contribution in [0.2, 0.25) is 0 Å². The van der Waals surface area contributed by atoms with Gasteiger partial charge >= 0.3 is 0 Å². The number of aliphatic imine (C=N–C) groups is 1. The highest BCUT2D eigenvalue weighted by Gasteiger charge is 2.18.